The molecule has 0 radical (unpaired) electrons. The second-order valence-electron chi connectivity index (χ2n) is 5.92. The van der Waals surface area contributed by atoms with E-state index in [1.165, 1.54) is 6.92 Å². The van der Waals surface area contributed by atoms with Crippen LogP contribution >= 0.6 is 0 Å². The first-order chi connectivity index (χ1) is 12.5. The van der Waals surface area contributed by atoms with Gasteiger partial charge in [0.1, 0.15) is 0 Å². The second-order valence-corrected chi connectivity index (χ2v) is 9.29. The van der Waals surface area contributed by atoms with E-state index in [0.29, 0.717) is 5.56 Å². The number of rotatable bonds is 4. The van der Waals surface area contributed by atoms with Crippen LogP contribution in [-0.4, -0.2) is 45.3 Å². The molecule has 0 aliphatic heterocycles. The predicted molar refractivity (Wildman–Crippen MR) is 102 cm³/mol. The van der Waals surface area contributed by atoms with Crippen LogP contribution < -0.4 is 15.0 Å². The standard InChI is InChI=1S/C10H13NO.C8H10AsNO5/c1-8(2)11-10(12)9-6-4-3-5-7-9;1-5(11)10-7-4-6(9(13,14)15)2-3-8(7)12/h3-8H,1-2H3,(H,11,12);2-4,12H,1H3,(H,10,11)(H2,13,14,15). The van der Waals surface area contributed by atoms with Crippen LogP contribution in [0.15, 0.2) is 48.5 Å². The number of nitrogens with one attached hydrogen (secondary N) is 2. The molecule has 0 unspecified atom stereocenters. The molecule has 0 atom stereocenters. The molecule has 0 aromatic heterocycles. The van der Waals surface area contributed by atoms with Crippen molar-refractivity contribution in [2.45, 2.75) is 26.8 Å². The van der Waals surface area contributed by atoms with E-state index < -0.39 is 20.1 Å². The van der Waals surface area contributed by atoms with Gasteiger partial charge in [0.15, 0.2) is 0 Å². The first-order valence-electron chi connectivity index (χ1n) is 8.03. The minimum atomic E-state index is -4.98. The number of hydrogen-bond acceptors (Lipinski definition) is 4. The van der Waals surface area contributed by atoms with Crippen molar-refractivity contribution in [1.82, 2.24) is 5.32 Å². The summed E-state index contributed by atoms with van der Waals surface area (Å²) in [7, 11) is 0. The molecule has 0 heterocycles. The van der Waals surface area contributed by atoms with Crippen molar-refractivity contribution in [1.29, 1.82) is 0 Å². The largest absolute Gasteiger partial charge is 0.350 e. The maximum absolute atomic E-state index is 11.3. The zero-order chi connectivity index (χ0) is 20.6. The van der Waals surface area contributed by atoms with E-state index in [4.69, 9.17) is 8.19 Å². The average Bonchev–Trinajstić information content (AvgIpc) is 2.56. The summed E-state index contributed by atoms with van der Waals surface area (Å²) in [5.41, 5.74) is 0.705. The fourth-order valence-corrected chi connectivity index (χ4v) is 3.12. The van der Waals surface area contributed by atoms with Crippen molar-refractivity contribution in [3.8, 4) is 5.75 Å². The number of carbonyl (C=O) groups is 2. The number of carbonyl (C=O) groups excluding carboxylic acids is 2. The molecule has 0 aliphatic carbocycles. The third-order valence-electron chi connectivity index (χ3n) is 3.08. The maximum atomic E-state index is 11.3. The minimum absolute atomic E-state index is 0.00870. The summed E-state index contributed by atoms with van der Waals surface area (Å²) in [5.74, 6) is -0.677. The Kier molecular flexibility index (Phi) is 8.30. The van der Waals surface area contributed by atoms with Gasteiger partial charge in [-0.1, -0.05) is 18.2 Å². The van der Waals surface area contributed by atoms with Gasteiger partial charge in [-0.2, -0.15) is 0 Å². The summed E-state index contributed by atoms with van der Waals surface area (Å²) < 4.78 is 28.6. The molecule has 0 aliphatic rings. The van der Waals surface area contributed by atoms with Gasteiger partial charge in [0.05, 0.1) is 0 Å². The van der Waals surface area contributed by atoms with Crippen molar-refractivity contribution in [3.05, 3.63) is 54.1 Å². The Balaban J connectivity index is 0.000000277. The van der Waals surface area contributed by atoms with Crippen molar-refractivity contribution in [2.24, 2.45) is 0 Å². The molecule has 146 valence electrons. The molecule has 27 heavy (non-hydrogen) atoms. The number of anilines is 1. The van der Waals surface area contributed by atoms with Gasteiger partial charge in [0.2, 0.25) is 0 Å². The molecule has 2 amide bonds. The molecule has 2 aromatic rings. The molecular formula is C18H23AsN2O6. The minimum Gasteiger partial charge on any atom is -0.350 e. The van der Waals surface area contributed by atoms with Crippen LogP contribution in [0.3, 0.4) is 0 Å². The zero-order valence-electron chi connectivity index (χ0n) is 15.2. The average molecular weight is 438 g/mol. The fourth-order valence-electron chi connectivity index (χ4n) is 1.93. The van der Waals surface area contributed by atoms with Gasteiger partial charge in [-0.3, -0.25) is 4.79 Å². The number of hydrogen-bond donors (Lipinski definition) is 5. The van der Waals surface area contributed by atoms with Crippen molar-refractivity contribution >= 4 is 36.0 Å². The van der Waals surface area contributed by atoms with Crippen molar-refractivity contribution in [3.63, 3.8) is 0 Å². The molecule has 0 saturated heterocycles. The van der Waals surface area contributed by atoms with Gasteiger partial charge in [-0.05, 0) is 26.0 Å². The van der Waals surface area contributed by atoms with E-state index in [1.807, 2.05) is 32.0 Å². The molecule has 8 nitrogen and oxygen atoms in total. The van der Waals surface area contributed by atoms with Gasteiger partial charge in [-0.15, -0.1) is 0 Å². The summed E-state index contributed by atoms with van der Waals surface area (Å²) in [5, 5.41) is 14.4. The molecule has 2 aromatic carbocycles. The Hall–Kier alpha value is -2.54. The van der Waals surface area contributed by atoms with Crippen LogP contribution in [0.5, 0.6) is 5.75 Å². The Morgan fingerprint density at radius 1 is 1.04 bits per heavy atom. The molecule has 0 spiro atoms. The third kappa shape index (κ3) is 8.13. The molecule has 0 fully saturated rings. The smallest absolute Gasteiger partial charge is 0.251 e. The van der Waals surface area contributed by atoms with Crippen molar-refractivity contribution in [2.75, 3.05) is 5.32 Å². The number of phenols is 1. The normalized spacial score (nSPS) is 10.6. The predicted octanol–water partition coefficient (Wildman–Crippen LogP) is 0.736. The van der Waals surface area contributed by atoms with Crippen LogP contribution in [0.4, 0.5) is 5.69 Å². The van der Waals surface area contributed by atoms with Crippen LogP contribution in [0.25, 0.3) is 0 Å². The maximum Gasteiger partial charge on any atom is 0.251 e. The van der Waals surface area contributed by atoms with Gasteiger partial charge in [0, 0.05) is 11.6 Å². The monoisotopic (exact) mass is 438 g/mol. The Labute approximate surface area is 160 Å². The molecule has 5 N–H and O–H groups in total. The van der Waals surface area contributed by atoms with E-state index in [9.17, 15) is 18.4 Å². The quantitative estimate of drug-likeness (QED) is 0.353. The Bertz CT molecular complexity index is 833. The van der Waals surface area contributed by atoms with Crippen LogP contribution in [0, 0.1) is 0 Å². The second kappa shape index (κ2) is 9.96. The summed E-state index contributed by atoms with van der Waals surface area (Å²) in [4.78, 5) is 22.1. The SMILES string of the molecule is CC(=O)Nc1cc([As](=O)(O)O)ccc1O.CC(C)NC(=O)c1ccccc1. The van der Waals surface area contributed by atoms with E-state index >= 15 is 0 Å². The van der Waals surface area contributed by atoms with Gasteiger partial charge in [0.25, 0.3) is 5.91 Å². The Morgan fingerprint density at radius 2 is 1.63 bits per heavy atom. The number of amides is 2. The topological polar surface area (TPSA) is 136 Å². The summed E-state index contributed by atoms with van der Waals surface area (Å²) in [6, 6.07) is 12.7. The van der Waals surface area contributed by atoms with E-state index in [2.05, 4.69) is 10.6 Å². The number of phenolic OH excluding ortho intramolecular Hbond substituents is 1. The molecule has 2 rings (SSSR count). The van der Waals surface area contributed by atoms with Crippen molar-refractivity contribution < 1.29 is 26.6 Å². The first kappa shape index (κ1) is 22.5. The van der Waals surface area contributed by atoms with E-state index in [1.54, 1.807) is 12.1 Å². The molecular weight excluding hydrogens is 415 g/mol. The van der Waals surface area contributed by atoms with Crippen LogP contribution in [-0.2, 0) is 8.53 Å². The summed E-state index contributed by atoms with van der Waals surface area (Å²) in [6.45, 7) is 5.12. The van der Waals surface area contributed by atoms with Crippen LogP contribution in [0.2, 0.25) is 0 Å². The van der Waals surface area contributed by atoms with Crippen LogP contribution in [0.1, 0.15) is 31.1 Å². The molecule has 0 saturated carbocycles. The summed E-state index contributed by atoms with van der Waals surface area (Å²) >= 11 is -4.98. The Morgan fingerprint density at radius 3 is 2.11 bits per heavy atom. The third-order valence-corrected chi connectivity index (χ3v) is 5.08. The van der Waals surface area contributed by atoms with E-state index in [0.717, 1.165) is 18.2 Å². The number of benzene rings is 2. The van der Waals surface area contributed by atoms with E-state index in [-0.39, 0.29) is 27.7 Å². The first-order valence-corrected chi connectivity index (χ1v) is 11.4. The van der Waals surface area contributed by atoms with Gasteiger partial charge in [-0.25, -0.2) is 0 Å². The molecule has 0 bridgehead atoms. The molecule has 9 heteroatoms. The fraction of sp³-hybridized carbons (Fsp3) is 0.222. The van der Waals surface area contributed by atoms with Gasteiger partial charge < -0.3 is 5.32 Å². The zero-order valence-corrected chi connectivity index (χ0v) is 17.1. The van der Waals surface area contributed by atoms with Gasteiger partial charge >= 0.3 is 88.1 Å². The number of aromatic hydroxyl groups is 1. The summed E-state index contributed by atoms with van der Waals surface area (Å²) in [6.07, 6.45) is 0.